The molecule has 0 saturated carbocycles. The van der Waals surface area contributed by atoms with Gasteiger partial charge < -0.3 is 21.7 Å². The average molecular weight is 428 g/mol. The fraction of sp³-hybridized carbons (Fsp3) is 0.316. The second kappa shape index (κ2) is 12.9. The van der Waals surface area contributed by atoms with E-state index in [4.69, 9.17) is 5.73 Å². The summed E-state index contributed by atoms with van der Waals surface area (Å²) in [6.45, 7) is 4.40. The molecule has 9 heteroatoms. The summed E-state index contributed by atoms with van der Waals surface area (Å²) >= 11 is 0. The van der Waals surface area contributed by atoms with Crippen molar-refractivity contribution in [2.24, 2.45) is 11.7 Å². The molecule has 1 aromatic heterocycles. The minimum atomic E-state index is -0.298. The van der Waals surface area contributed by atoms with Crippen LogP contribution in [0.1, 0.15) is 25.0 Å². The van der Waals surface area contributed by atoms with Crippen LogP contribution in [-0.4, -0.2) is 23.0 Å². The molecule has 0 aliphatic heterocycles. The third-order valence-electron chi connectivity index (χ3n) is 4.06. The third-order valence-corrected chi connectivity index (χ3v) is 4.06. The number of benzene rings is 1. The monoisotopic (exact) mass is 427 g/mol. The maximum Gasteiger partial charge on any atom is 0.319 e. The summed E-state index contributed by atoms with van der Waals surface area (Å²) in [6.07, 6.45) is 3.36. The number of hydrogen-bond donors (Lipinski definition) is 4. The molecule has 0 aliphatic rings. The number of nitrogens with one attached hydrogen (secondary N) is 3. The lowest BCUT2D eigenvalue weighted by molar-refractivity contribution is -0.125. The SMILES string of the molecule is CC(N)C(C)C(=O)NCc1cccc(NC(=O)NCc2ccncc2)c1.Cl.Cl. The van der Waals surface area contributed by atoms with Crippen LogP contribution in [0.3, 0.4) is 0 Å². The molecular weight excluding hydrogens is 401 g/mol. The molecule has 1 heterocycles. The fourth-order valence-electron chi connectivity index (χ4n) is 2.21. The van der Waals surface area contributed by atoms with Crippen LogP contribution in [0.4, 0.5) is 10.5 Å². The number of carbonyl (C=O) groups is 2. The molecule has 0 radical (unpaired) electrons. The van der Waals surface area contributed by atoms with E-state index in [0.717, 1.165) is 11.1 Å². The lowest BCUT2D eigenvalue weighted by Crippen LogP contribution is -2.38. The first-order valence-corrected chi connectivity index (χ1v) is 8.51. The minimum Gasteiger partial charge on any atom is -0.352 e. The number of rotatable bonds is 7. The summed E-state index contributed by atoms with van der Waals surface area (Å²) < 4.78 is 0. The van der Waals surface area contributed by atoms with Crippen LogP contribution in [-0.2, 0) is 17.9 Å². The van der Waals surface area contributed by atoms with Gasteiger partial charge in [0.05, 0.1) is 0 Å². The molecule has 2 rings (SSSR count). The van der Waals surface area contributed by atoms with Gasteiger partial charge in [-0.25, -0.2) is 4.79 Å². The van der Waals surface area contributed by atoms with Crippen molar-refractivity contribution >= 4 is 42.4 Å². The van der Waals surface area contributed by atoms with Crippen molar-refractivity contribution in [1.82, 2.24) is 15.6 Å². The van der Waals surface area contributed by atoms with E-state index >= 15 is 0 Å². The molecule has 0 fully saturated rings. The van der Waals surface area contributed by atoms with Crippen molar-refractivity contribution in [3.05, 3.63) is 59.9 Å². The van der Waals surface area contributed by atoms with Crippen molar-refractivity contribution < 1.29 is 9.59 Å². The van der Waals surface area contributed by atoms with E-state index in [-0.39, 0.29) is 48.7 Å². The van der Waals surface area contributed by atoms with Crippen molar-refractivity contribution in [3.63, 3.8) is 0 Å². The number of carbonyl (C=O) groups excluding carboxylic acids is 2. The second-order valence-corrected chi connectivity index (χ2v) is 6.23. The predicted molar refractivity (Wildman–Crippen MR) is 116 cm³/mol. The highest BCUT2D eigenvalue weighted by Gasteiger charge is 2.16. The van der Waals surface area contributed by atoms with E-state index < -0.39 is 0 Å². The molecule has 28 heavy (non-hydrogen) atoms. The van der Waals surface area contributed by atoms with Gasteiger partial charge in [-0.05, 0) is 42.3 Å². The highest BCUT2D eigenvalue weighted by molar-refractivity contribution is 5.89. The Morgan fingerprint density at radius 1 is 1.00 bits per heavy atom. The normalized spacial score (nSPS) is 11.8. The van der Waals surface area contributed by atoms with Crippen LogP contribution in [0.25, 0.3) is 0 Å². The average Bonchev–Trinajstić information content (AvgIpc) is 2.65. The van der Waals surface area contributed by atoms with Gasteiger partial charge in [0, 0.05) is 43.1 Å². The molecule has 2 atom stereocenters. The zero-order chi connectivity index (χ0) is 18.9. The molecule has 3 amide bonds. The van der Waals surface area contributed by atoms with E-state index in [1.54, 1.807) is 32.3 Å². The van der Waals surface area contributed by atoms with Gasteiger partial charge in [0.25, 0.3) is 0 Å². The van der Waals surface area contributed by atoms with Crippen molar-refractivity contribution in [2.75, 3.05) is 5.32 Å². The molecule has 154 valence electrons. The molecule has 0 saturated heterocycles. The van der Waals surface area contributed by atoms with Gasteiger partial charge in [0.1, 0.15) is 0 Å². The lowest BCUT2D eigenvalue weighted by atomic mass is 10.0. The first-order valence-electron chi connectivity index (χ1n) is 8.51. The van der Waals surface area contributed by atoms with E-state index in [2.05, 4.69) is 20.9 Å². The Hall–Kier alpha value is -2.35. The molecule has 0 aliphatic carbocycles. The first kappa shape index (κ1) is 25.6. The zero-order valence-corrected chi connectivity index (χ0v) is 17.5. The van der Waals surface area contributed by atoms with Gasteiger partial charge in [-0.2, -0.15) is 0 Å². The van der Waals surface area contributed by atoms with Crippen molar-refractivity contribution in [1.29, 1.82) is 0 Å². The smallest absolute Gasteiger partial charge is 0.319 e. The number of aromatic nitrogens is 1. The highest BCUT2D eigenvalue weighted by atomic mass is 35.5. The number of nitrogens with two attached hydrogens (primary N) is 1. The Kier molecular flexibility index (Phi) is 11.8. The van der Waals surface area contributed by atoms with Gasteiger partial charge >= 0.3 is 6.03 Å². The molecule has 2 unspecified atom stereocenters. The third kappa shape index (κ3) is 8.56. The van der Waals surface area contributed by atoms with Crippen LogP contribution in [0, 0.1) is 5.92 Å². The standard InChI is InChI=1S/C19H25N5O2.2ClH/c1-13(14(2)20)18(25)22-12-16-4-3-5-17(10-16)24-19(26)23-11-15-6-8-21-9-7-15;;/h3-10,13-14H,11-12,20H2,1-2H3,(H,22,25)(H2,23,24,26);2*1H. The van der Waals surface area contributed by atoms with Gasteiger partial charge in [-0.3, -0.25) is 9.78 Å². The van der Waals surface area contributed by atoms with Crippen LogP contribution in [0.2, 0.25) is 0 Å². The number of hydrogen-bond acceptors (Lipinski definition) is 4. The summed E-state index contributed by atoms with van der Waals surface area (Å²) in [7, 11) is 0. The second-order valence-electron chi connectivity index (χ2n) is 6.23. The van der Waals surface area contributed by atoms with Gasteiger partial charge in [-0.1, -0.05) is 19.1 Å². The summed E-state index contributed by atoms with van der Waals surface area (Å²) in [5, 5.41) is 8.42. The Balaban J connectivity index is 0.00000364. The maximum atomic E-state index is 12.0. The van der Waals surface area contributed by atoms with E-state index in [9.17, 15) is 9.59 Å². The highest BCUT2D eigenvalue weighted by Crippen LogP contribution is 2.11. The first-order chi connectivity index (χ1) is 12.5. The zero-order valence-electron chi connectivity index (χ0n) is 15.8. The summed E-state index contributed by atoms with van der Waals surface area (Å²) in [4.78, 5) is 27.9. The Morgan fingerprint density at radius 2 is 1.64 bits per heavy atom. The maximum absolute atomic E-state index is 12.0. The number of urea groups is 1. The molecule has 0 spiro atoms. The molecule has 7 nitrogen and oxygen atoms in total. The summed E-state index contributed by atoms with van der Waals surface area (Å²) in [5.41, 5.74) is 8.25. The molecular formula is C19H27Cl2N5O2. The molecule has 2 aromatic rings. The van der Waals surface area contributed by atoms with Crippen molar-refractivity contribution in [2.45, 2.75) is 33.0 Å². The number of amides is 3. The van der Waals surface area contributed by atoms with E-state index in [0.29, 0.717) is 18.8 Å². The Morgan fingerprint density at radius 3 is 2.29 bits per heavy atom. The van der Waals surface area contributed by atoms with Crippen LogP contribution in [0.15, 0.2) is 48.8 Å². The topological polar surface area (TPSA) is 109 Å². The van der Waals surface area contributed by atoms with Crippen LogP contribution >= 0.6 is 24.8 Å². The van der Waals surface area contributed by atoms with E-state index in [1.807, 2.05) is 30.3 Å². The summed E-state index contributed by atoms with van der Waals surface area (Å²) in [6, 6.07) is 10.5. The molecule has 1 aromatic carbocycles. The number of halogens is 2. The van der Waals surface area contributed by atoms with Crippen LogP contribution in [0.5, 0.6) is 0 Å². The van der Waals surface area contributed by atoms with Crippen molar-refractivity contribution in [3.8, 4) is 0 Å². The predicted octanol–water partition coefficient (Wildman–Crippen LogP) is 2.85. The molecule has 5 N–H and O–H groups in total. The van der Waals surface area contributed by atoms with Gasteiger partial charge in [0.15, 0.2) is 0 Å². The molecule has 0 bridgehead atoms. The Labute approximate surface area is 177 Å². The van der Waals surface area contributed by atoms with Crippen LogP contribution < -0.4 is 21.7 Å². The number of anilines is 1. The summed E-state index contributed by atoms with van der Waals surface area (Å²) in [5.74, 6) is -0.344. The quantitative estimate of drug-likeness (QED) is 0.544. The Bertz CT molecular complexity index is 744. The van der Waals surface area contributed by atoms with Gasteiger partial charge in [0.2, 0.25) is 5.91 Å². The fourth-order valence-corrected chi connectivity index (χ4v) is 2.21. The van der Waals surface area contributed by atoms with E-state index in [1.165, 1.54) is 0 Å². The van der Waals surface area contributed by atoms with Gasteiger partial charge in [-0.15, -0.1) is 24.8 Å². The largest absolute Gasteiger partial charge is 0.352 e. The minimum absolute atomic E-state index is 0. The number of nitrogens with zero attached hydrogens (tertiary/aromatic N) is 1. The number of pyridine rings is 1. The lowest BCUT2D eigenvalue weighted by Gasteiger charge is -2.15.